The van der Waals surface area contributed by atoms with E-state index in [-0.39, 0.29) is 41.6 Å². The molecule has 0 fully saturated rings. The number of nitrogens with zero attached hydrogens (tertiary/aromatic N) is 2. The van der Waals surface area contributed by atoms with Gasteiger partial charge in [0, 0.05) is 24.1 Å². The normalized spacial score (nSPS) is 12.1. The first-order valence-electron chi connectivity index (χ1n) is 10.1. The summed E-state index contributed by atoms with van der Waals surface area (Å²) in [6.45, 7) is 3.68. The van der Waals surface area contributed by atoms with Gasteiger partial charge in [-0.25, -0.2) is 8.42 Å². The number of ether oxygens (including phenoxy) is 1. The van der Waals surface area contributed by atoms with Gasteiger partial charge in [-0.15, -0.1) is 16.7 Å². The van der Waals surface area contributed by atoms with Crippen LogP contribution >= 0.6 is 11.6 Å². The molecule has 0 bridgehead atoms. The minimum Gasteiger partial charge on any atom is -0.496 e. The molecule has 34 heavy (non-hydrogen) atoms. The number of carbonyl (C=O) groups is 1. The van der Waals surface area contributed by atoms with E-state index in [1.54, 1.807) is 6.07 Å². The van der Waals surface area contributed by atoms with Gasteiger partial charge in [0.15, 0.2) is 9.84 Å². The highest BCUT2D eigenvalue weighted by Crippen LogP contribution is 2.32. The van der Waals surface area contributed by atoms with Crippen molar-refractivity contribution in [2.45, 2.75) is 31.6 Å². The lowest BCUT2D eigenvalue weighted by Gasteiger charge is -2.09. The van der Waals surface area contributed by atoms with Gasteiger partial charge >= 0.3 is 0 Å². The van der Waals surface area contributed by atoms with Gasteiger partial charge in [-0.3, -0.25) is 9.35 Å². The van der Waals surface area contributed by atoms with Gasteiger partial charge in [-0.05, 0) is 49.6 Å². The smallest absolute Gasteiger partial charge is 0.296 e. The molecule has 0 aromatic heterocycles. The van der Waals surface area contributed by atoms with E-state index in [9.17, 15) is 26.2 Å². The van der Waals surface area contributed by atoms with E-state index in [4.69, 9.17) is 16.3 Å². The van der Waals surface area contributed by atoms with Crippen molar-refractivity contribution >= 4 is 54.5 Å². The number of aryl methyl sites for hydroxylation is 2. The first kappa shape index (κ1) is 27.7. The molecule has 0 radical (unpaired) electrons. The minimum atomic E-state index is -4.69. The predicted molar refractivity (Wildman–Crippen MR) is 130 cm³/mol. The zero-order valence-corrected chi connectivity index (χ0v) is 21.3. The van der Waals surface area contributed by atoms with Crippen LogP contribution in [0.25, 0.3) is 0 Å². The summed E-state index contributed by atoms with van der Waals surface area (Å²) >= 11 is 5.44. The highest BCUT2D eigenvalue weighted by atomic mass is 35.5. The van der Waals surface area contributed by atoms with Crippen molar-refractivity contribution in [3.05, 3.63) is 41.5 Å². The number of azo groups is 1. The molecule has 10 nitrogen and oxygen atoms in total. The third-order valence-corrected chi connectivity index (χ3v) is 7.78. The lowest BCUT2D eigenvalue weighted by atomic mass is 10.1. The summed E-state index contributed by atoms with van der Waals surface area (Å²) in [6, 6.07) is 7.23. The zero-order valence-electron chi connectivity index (χ0n) is 18.9. The first-order valence-corrected chi connectivity index (χ1v) is 13.9. The number of rotatable bonds is 11. The molecule has 2 rings (SSSR count). The molecular formula is C21H26ClN3O7S2. The van der Waals surface area contributed by atoms with Gasteiger partial charge in [0.1, 0.15) is 16.3 Å². The maximum absolute atomic E-state index is 12.1. The average Bonchev–Trinajstić information content (AvgIpc) is 2.73. The zero-order chi connectivity index (χ0) is 25.5. The summed E-state index contributed by atoms with van der Waals surface area (Å²) in [4.78, 5) is 11.6. The van der Waals surface area contributed by atoms with Crippen LogP contribution in [0.15, 0.2) is 45.5 Å². The Kier molecular flexibility index (Phi) is 9.56. The van der Waals surface area contributed by atoms with E-state index >= 15 is 0 Å². The third-order valence-electron chi connectivity index (χ3n) is 4.75. The van der Waals surface area contributed by atoms with Crippen LogP contribution in [0.2, 0.25) is 0 Å². The summed E-state index contributed by atoms with van der Waals surface area (Å²) in [7, 11) is -6.50. The number of halogens is 1. The monoisotopic (exact) mass is 531 g/mol. The number of nitrogens with one attached hydrogen (secondary N) is 1. The second kappa shape index (κ2) is 11.7. The highest BCUT2D eigenvalue weighted by Gasteiger charge is 2.18. The largest absolute Gasteiger partial charge is 0.496 e. The van der Waals surface area contributed by atoms with Crippen molar-refractivity contribution in [3.8, 4) is 5.75 Å². The third kappa shape index (κ3) is 8.05. The summed E-state index contributed by atoms with van der Waals surface area (Å²) < 4.78 is 62.0. The van der Waals surface area contributed by atoms with Crippen LogP contribution in [0.4, 0.5) is 17.1 Å². The molecule has 186 valence electrons. The van der Waals surface area contributed by atoms with Crippen LogP contribution in [0.1, 0.15) is 24.0 Å². The topological polar surface area (TPSA) is 152 Å². The lowest BCUT2D eigenvalue weighted by molar-refractivity contribution is -0.116. The Bertz CT molecular complexity index is 1290. The molecule has 1 amide bonds. The van der Waals surface area contributed by atoms with Crippen LogP contribution in [-0.2, 0) is 24.7 Å². The van der Waals surface area contributed by atoms with Gasteiger partial charge < -0.3 is 10.1 Å². The van der Waals surface area contributed by atoms with Crippen molar-refractivity contribution in [3.63, 3.8) is 0 Å². The molecule has 2 aromatic rings. The SMILES string of the molecule is COc1cc(N=Nc2ccc(NC(=O)CCCS(=O)(=O)CCCl)cc2S(=O)(=O)O)c(C)cc1C. The van der Waals surface area contributed by atoms with E-state index in [2.05, 4.69) is 15.5 Å². The molecule has 0 aliphatic rings. The van der Waals surface area contributed by atoms with Crippen molar-refractivity contribution in [2.24, 2.45) is 10.2 Å². The number of methoxy groups -OCH3 is 1. The Labute approximate surface area is 204 Å². The van der Waals surface area contributed by atoms with Gasteiger partial charge in [-0.2, -0.15) is 13.5 Å². The molecule has 0 unspecified atom stereocenters. The van der Waals surface area contributed by atoms with Gasteiger partial charge in [0.05, 0.1) is 24.3 Å². The maximum atomic E-state index is 12.1. The Morgan fingerprint density at radius 3 is 2.32 bits per heavy atom. The van der Waals surface area contributed by atoms with Crippen LogP contribution in [0.3, 0.4) is 0 Å². The Balaban J connectivity index is 2.22. The second-order valence-electron chi connectivity index (χ2n) is 7.46. The van der Waals surface area contributed by atoms with Crippen LogP contribution in [0, 0.1) is 13.8 Å². The molecule has 2 aromatic carbocycles. The number of amides is 1. The number of sulfone groups is 1. The fourth-order valence-corrected chi connectivity index (χ4v) is 5.41. The maximum Gasteiger partial charge on any atom is 0.296 e. The van der Waals surface area contributed by atoms with Gasteiger partial charge in [0.2, 0.25) is 5.91 Å². The van der Waals surface area contributed by atoms with Gasteiger partial charge in [-0.1, -0.05) is 6.07 Å². The van der Waals surface area contributed by atoms with Gasteiger partial charge in [0.25, 0.3) is 10.1 Å². The minimum absolute atomic E-state index is 0.0202. The quantitative estimate of drug-likeness (QED) is 0.248. The molecule has 0 atom stereocenters. The van der Waals surface area contributed by atoms with E-state index in [0.29, 0.717) is 11.4 Å². The highest BCUT2D eigenvalue weighted by molar-refractivity contribution is 7.91. The lowest BCUT2D eigenvalue weighted by Crippen LogP contribution is -2.16. The average molecular weight is 532 g/mol. The Morgan fingerprint density at radius 2 is 1.71 bits per heavy atom. The summed E-state index contributed by atoms with van der Waals surface area (Å²) in [5.41, 5.74) is 2.09. The molecular weight excluding hydrogens is 506 g/mol. The molecule has 0 saturated heterocycles. The fourth-order valence-electron chi connectivity index (χ4n) is 3.03. The number of carbonyl (C=O) groups excluding carboxylic acids is 1. The van der Waals surface area contributed by atoms with Crippen LogP contribution in [0.5, 0.6) is 5.75 Å². The molecule has 2 N–H and O–H groups in total. The molecule has 0 aliphatic heterocycles. The number of alkyl halides is 1. The number of hydrogen-bond donors (Lipinski definition) is 2. The Morgan fingerprint density at radius 1 is 1.03 bits per heavy atom. The van der Waals surface area contributed by atoms with Crippen molar-refractivity contribution in [1.29, 1.82) is 0 Å². The predicted octanol–water partition coefficient (Wildman–Crippen LogP) is 4.35. The summed E-state index contributed by atoms with van der Waals surface area (Å²) in [6.07, 6.45) is -0.0133. The first-order chi connectivity index (χ1) is 15.9. The molecule has 0 spiro atoms. The van der Waals surface area contributed by atoms with Crippen LogP contribution in [-0.4, -0.2) is 51.8 Å². The summed E-state index contributed by atoms with van der Waals surface area (Å²) in [5, 5.41) is 10.5. The Hall–Kier alpha value is -2.54. The number of hydrogen-bond acceptors (Lipinski definition) is 8. The van der Waals surface area contributed by atoms with Crippen molar-refractivity contribution in [2.75, 3.05) is 29.8 Å². The van der Waals surface area contributed by atoms with E-state index in [1.165, 1.54) is 19.2 Å². The fraction of sp³-hybridized carbons (Fsp3) is 0.381. The summed E-state index contributed by atoms with van der Waals surface area (Å²) in [5.74, 6) is -0.305. The van der Waals surface area contributed by atoms with Crippen LogP contribution < -0.4 is 10.1 Å². The molecule has 0 aliphatic carbocycles. The molecule has 13 heteroatoms. The van der Waals surface area contributed by atoms with Crippen molar-refractivity contribution in [1.82, 2.24) is 0 Å². The van der Waals surface area contributed by atoms with Crippen molar-refractivity contribution < 1.29 is 30.9 Å². The van der Waals surface area contributed by atoms with E-state index < -0.39 is 30.8 Å². The number of benzene rings is 2. The number of anilines is 1. The second-order valence-corrected chi connectivity index (χ2v) is 11.5. The van der Waals surface area contributed by atoms with E-state index in [1.807, 2.05) is 19.9 Å². The standard InChI is InChI=1S/C21H26ClN3O7S2/c1-14-11-15(2)19(32-3)13-18(14)25-24-17-7-6-16(12-20(17)34(29,30)31)23-21(26)5-4-9-33(27,28)10-8-22/h6-7,11-13H,4-5,8-10H2,1-3H3,(H,23,26)(H,29,30,31). The molecule has 0 saturated carbocycles. The molecule has 0 heterocycles. The van der Waals surface area contributed by atoms with E-state index in [0.717, 1.165) is 17.2 Å².